The van der Waals surface area contributed by atoms with E-state index >= 15 is 0 Å². The molecule has 0 aliphatic rings. The molecule has 0 unspecified atom stereocenters. The van der Waals surface area contributed by atoms with E-state index in [0.717, 1.165) is 5.69 Å². The van der Waals surface area contributed by atoms with Crippen molar-refractivity contribution < 1.29 is 4.99 Å². The minimum Gasteiger partial charge on any atom is -0.279 e. The monoisotopic (exact) mass is 207 g/mol. The average molecular weight is 207 g/mol. The maximum atomic E-state index is 5.34. The molecule has 0 aromatic heterocycles. The maximum Gasteiger partial charge on any atom is 0.365 e. The predicted octanol–water partition coefficient (Wildman–Crippen LogP) is -0.447. The molecule has 0 amide bonds. The quantitative estimate of drug-likeness (QED) is 0.218. The standard InChI is InChI=1S/C11H18N4/c1-7-5-9(3)10(6-8(7)2)14-11(13-4)15-12/h5-6H,12H2,1-4H3,(H2,13,14,15)/p+1. The molecule has 4 heteroatoms. The molecule has 4 nitrogen and oxygen atoms in total. The van der Waals surface area contributed by atoms with Crippen LogP contribution in [0.4, 0.5) is 5.69 Å². The second kappa shape index (κ2) is 4.79. The highest BCUT2D eigenvalue weighted by molar-refractivity contribution is 5.89. The van der Waals surface area contributed by atoms with E-state index in [-0.39, 0.29) is 0 Å². The van der Waals surface area contributed by atoms with Crippen LogP contribution in [0.2, 0.25) is 0 Å². The Bertz CT molecular complexity index is 382. The second-order valence-corrected chi connectivity index (χ2v) is 3.65. The largest absolute Gasteiger partial charge is 0.365 e. The average Bonchev–Trinajstić information content (AvgIpc) is 2.21. The SMILES string of the molecule is C[NH+]=C(NN)Nc1cc(C)c(C)cc1C. The van der Waals surface area contributed by atoms with Gasteiger partial charge in [-0.3, -0.25) is 4.99 Å². The molecule has 0 heterocycles. The third-order valence-corrected chi connectivity index (χ3v) is 2.49. The number of guanidine groups is 1. The number of hydrogen-bond acceptors (Lipinski definition) is 1. The summed E-state index contributed by atoms with van der Waals surface area (Å²) in [5.74, 6) is 6.02. The molecule has 1 aromatic rings. The van der Waals surface area contributed by atoms with Gasteiger partial charge in [-0.25, -0.2) is 10.7 Å². The van der Waals surface area contributed by atoms with Gasteiger partial charge in [0.1, 0.15) is 5.69 Å². The van der Waals surface area contributed by atoms with Crippen LogP contribution in [0.1, 0.15) is 16.7 Å². The lowest BCUT2D eigenvalue weighted by molar-refractivity contribution is -0.422. The zero-order chi connectivity index (χ0) is 11.4. The lowest BCUT2D eigenvalue weighted by Gasteiger charge is -2.08. The van der Waals surface area contributed by atoms with Gasteiger partial charge in [0, 0.05) is 0 Å². The smallest absolute Gasteiger partial charge is 0.279 e. The van der Waals surface area contributed by atoms with E-state index in [1.165, 1.54) is 16.7 Å². The highest BCUT2D eigenvalue weighted by Crippen LogP contribution is 2.19. The van der Waals surface area contributed by atoms with Gasteiger partial charge in [0.2, 0.25) is 0 Å². The summed E-state index contributed by atoms with van der Waals surface area (Å²) in [4.78, 5) is 2.93. The fourth-order valence-electron chi connectivity index (χ4n) is 1.40. The van der Waals surface area contributed by atoms with Crippen molar-refractivity contribution in [3.05, 3.63) is 28.8 Å². The highest BCUT2D eigenvalue weighted by atomic mass is 15.3. The lowest BCUT2D eigenvalue weighted by Crippen LogP contribution is -2.75. The Morgan fingerprint density at radius 1 is 1.13 bits per heavy atom. The molecule has 5 N–H and O–H groups in total. The Kier molecular flexibility index (Phi) is 3.68. The first-order valence-electron chi connectivity index (χ1n) is 4.94. The summed E-state index contributed by atoms with van der Waals surface area (Å²) < 4.78 is 0. The number of hydrazine groups is 1. The Morgan fingerprint density at radius 3 is 2.27 bits per heavy atom. The zero-order valence-electron chi connectivity index (χ0n) is 9.73. The minimum atomic E-state index is 0.682. The van der Waals surface area contributed by atoms with E-state index in [9.17, 15) is 0 Å². The molecule has 0 saturated heterocycles. The summed E-state index contributed by atoms with van der Waals surface area (Å²) in [5, 5.41) is 3.18. The fourth-order valence-corrected chi connectivity index (χ4v) is 1.40. The number of rotatable bonds is 1. The molecule has 0 atom stereocenters. The Labute approximate surface area is 90.6 Å². The van der Waals surface area contributed by atoms with Crippen molar-refractivity contribution in [1.29, 1.82) is 0 Å². The number of aryl methyl sites for hydroxylation is 3. The summed E-state index contributed by atoms with van der Waals surface area (Å²) in [6, 6.07) is 4.26. The Hall–Kier alpha value is -1.55. The summed E-state index contributed by atoms with van der Waals surface area (Å²) in [6.07, 6.45) is 0. The number of nitrogens with two attached hydrogens (primary N) is 1. The Morgan fingerprint density at radius 2 is 1.73 bits per heavy atom. The second-order valence-electron chi connectivity index (χ2n) is 3.65. The highest BCUT2D eigenvalue weighted by Gasteiger charge is 2.08. The first kappa shape index (κ1) is 11.5. The van der Waals surface area contributed by atoms with Crippen LogP contribution in [-0.4, -0.2) is 13.0 Å². The molecular weight excluding hydrogens is 188 g/mol. The summed E-state index contributed by atoms with van der Waals surface area (Å²) >= 11 is 0. The molecule has 0 radical (unpaired) electrons. The van der Waals surface area contributed by atoms with Crippen LogP contribution in [0.3, 0.4) is 0 Å². The van der Waals surface area contributed by atoms with Crippen molar-refractivity contribution in [3.63, 3.8) is 0 Å². The van der Waals surface area contributed by atoms with Gasteiger partial charge < -0.3 is 0 Å². The van der Waals surface area contributed by atoms with Crippen LogP contribution in [0.5, 0.6) is 0 Å². The van der Waals surface area contributed by atoms with Crippen LogP contribution in [0.25, 0.3) is 0 Å². The molecule has 1 rings (SSSR count). The van der Waals surface area contributed by atoms with Crippen molar-refractivity contribution in [1.82, 2.24) is 5.43 Å². The molecular formula is C11H19N4+. The van der Waals surface area contributed by atoms with E-state index in [1.54, 1.807) is 7.05 Å². The topological polar surface area (TPSA) is 64.0 Å². The third kappa shape index (κ3) is 2.70. The van der Waals surface area contributed by atoms with Gasteiger partial charge in [0.05, 0.1) is 7.05 Å². The number of nitrogens with one attached hydrogen (secondary N) is 3. The van der Waals surface area contributed by atoms with Crippen LogP contribution >= 0.6 is 0 Å². The number of hydrogen-bond donors (Lipinski definition) is 4. The van der Waals surface area contributed by atoms with E-state index < -0.39 is 0 Å². The molecule has 15 heavy (non-hydrogen) atoms. The van der Waals surface area contributed by atoms with Crippen molar-refractivity contribution in [2.24, 2.45) is 5.84 Å². The van der Waals surface area contributed by atoms with Crippen molar-refractivity contribution in [2.45, 2.75) is 20.8 Å². The number of benzene rings is 1. The van der Waals surface area contributed by atoms with Gasteiger partial charge >= 0.3 is 5.96 Å². The lowest BCUT2D eigenvalue weighted by atomic mass is 10.1. The molecule has 1 aromatic carbocycles. The predicted molar refractivity (Wildman–Crippen MR) is 63.5 cm³/mol. The molecule has 0 aliphatic heterocycles. The van der Waals surface area contributed by atoms with Gasteiger partial charge in [-0.15, -0.1) is 0 Å². The van der Waals surface area contributed by atoms with E-state index in [0.29, 0.717) is 5.96 Å². The fraction of sp³-hybridized carbons (Fsp3) is 0.364. The van der Waals surface area contributed by atoms with E-state index in [2.05, 4.69) is 48.6 Å². The van der Waals surface area contributed by atoms with Crippen LogP contribution in [-0.2, 0) is 0 Å². The molecule has 0 fully saturated rings. The van der Waals surface area contributed by atoms with E-state index in [4.69, 9.17) is 5.84 Å². The summed E-state index contributed by atoms with van der Waals surface area (Å²) in [5.41, 5.74) is 7.36. The molecule has 0 bridgehead atoms. The number of anilines is 1. The van der Waals surface area contributed by atoms with Crippen molar-refractivity contribution in [3.8, 4) is 0 Å². The summed E-state index contributed by atoms with van der Waals surface area (Å²) in [6.45, 7) is 6.27. The first-order chi connectivity index (χ1) is 7.08. The molecule has 82 valence electrons. The van der Waals surface area contributed by atoms with Crippen LogP contribution in [0.15, 0.2) is 12.1 Å². The first-order valence-corrected chi connectivity index (χ1v) is 4.94. The maximum absolute atomic E-state index is 5.34. The van der Waals surface area contributed by atoms with E-state index in [1.807, 2.05) is 0 Å². The molecule has 0 spiro atoms. The molecule has 0 saturated carbocycles. The molecule has 0 aliphatic carbocycles. The third-order valence-electron chi connectivity index (χ3n) is 2.49. The van der Waals surface area contributed by atoms with Crippen LogP contribution < -0.4 is 21.6 Å². The van der Waals surface area contributed by atoms with Gasteiger partial charge in [-0.1, -0.05) is 6.07 Å². The van der Waals surface area contributed by atoms with Crippen LogP contribution in [0, 0.1) is 20.8 Å². The van der Waals surface area contributed by atoms with Crippen molar-refractivity contribution >= 4 is 11.6 Å². The van der Waals surface area contributed by atoms with Gasteiger partial charge in [-0.05, 0) is 43.5 Å². The minimum absolute atomic E-state index is 0.682. The van der Waals surface area contributed by atoms with Crippen molar-refractivity contribution in [2.75, 3.05) is 12.4 Å². The zero-order valence-corrected chi connectivity index (χ0v) is 9.73. The van der Waals surface area contributed by atoms with Gasteiger partial charge in [0.25, 0.3) is 0 Å². The normalized spacial score (nSPS) is 11.4. The summed E-state index contributed by atoms with van der Waals surface area (Å²) in [7, 11) is 1.80. The Balaban J connectivity index is 3.00. The van der Waals surface area contributed by atoms with Gasteiger partial charge in [0.15, 0.2) is 0 Å². The van der Waals surface area contributed by atoms with Gasteiger partial charge in [-0.2, -0.15) is 5.84 Å².